The average Bonchev–Trinajstić information content (AvgIpc) is 3.54. The van der Waals surface area contributed by atoms with Crippen LogP contribution in [-0.2, 0) is 14.8 Å². The number of rotatable bonds is 6. The second kappa shape index (κ2) is 9.43. The van der Waals surface area contributed by atoms with E-state index in [9.17, 15) is 17.6 Å². The summed E-state index contributed by atoms with van der Waals surface area (Å²) < 4.78 is 50.7. The number of pyridine rings is 1. The molecule has 1 aromatic carbocycles. The molecule has 11 heteroatoms. The number of aromatic amines is 1. The first kappa shape index (κ1) is 26.5. The van der Waals surface area contributed by atoms with Crippen molar-refractivity contribution in [1.82, 2.24) is 18.7 Å². The molecule has 1 saturated heterocycles. The Labute approximate surface area is 235 Å². The molecule has 8 nitrogen and oxygen atoms in total. The number of aromatic nitrogens is 4. The predicted octanol–water partition coefficient (Wildman–Crippen LogP) is 5.21. The lowest BCUT2D eigenvalue weighted by atomic mass is 9.76. The maximum Gasteiger partial charge on any atom is 0.273 e. The van der Waals surface area contributed by atoms with Crippen LogP contribution < -0.4 is 5.56 Å². The summed E-state index contributed by atoms with van der Waals surface area (Å²) in [4.78, 5) is 15.3. The zero-order valence-corrected chi connectivity index (χ0v) is 23.3. The molecule has 1 aliphatic carbocycles. The first-order valence-corrected chi connectivity index (χ1v) is 14.5. The fraction of sp³-hybridized carbons (Fsp3) is 0.241. The lowest BCUT2D eigenvalue weighted by molar-refractivity contribution is -0.0286. The number of halogens is 2. The van der Waals surface area contributed by atoms with Gasteiger partial charge in [-0.15, -0.1) is 0 Å². The highest BCUT2D eigenvalue weighted by molar-refractivity contribution is 7.91. The molecule has 1 aliphatic heterocycles. The molecule has 2 unspecified atom stereocenters. The van der Waals surface area contributed by atoms with Gasteiger partial charge in [-0.05, 0) is 54.3 Å². The van der Waals surface area contributed by atoms with Crippen LogP contribution in [-0.4, -0.2) is 45.1 Å². The van der Waals surface area contributed by atoms with Gasteiger partial charge < -0.3 is 9.72 Å². The number of allylic oxidation sites excluding steroid dienone is 4. The fourth-order valence-electron chi connectivity index (χ4n) is 5.43. The van der Waals surface area contributed by atoms with Gasteiger partial charge in [-0.3, -0.25) is 9.48 Å². The third-order valence-corrected chi connectivity index (χ3v) is 10.8. The summed E-state index contributed by atoms with van der Waals surface area (Å²) in [5.74, 6) is -1.36. The first-order valence-electron chi connectivity index (χ1n) is 12.6. The van der Waals surface area contributed by atoms with Gasteiger partial charge in [0.15, 0.2) is 0 Å². The minimum Gasteiger partial charge on any atom is -0.377 e. The summed E-state index contributed by atoms with van der Waals surface area (Å²) in [6.07, 6.45) is 9.83. The predicted molar refractivity (Wildman–Crippen MR) is 152 cm³/mol. The number of nitrogens with zero attached hydrogens (tertiary/aromatic N) is 3. The van der Waals surface area contributed by atoms with Gasteiger partial charge in [-0.2, -0.15) is 5.10 Å². The van der Waals surface area contributed by atoms with Crippen molar-refractivity contribution in [2.24, 2.45) is 0 Å². The van der Waals surface area contributed by atoms with E-state index in [0.29, 0.717) is 40.9 Å². The Hall–Kier alpha value is -3.73. The molecule has 0 amide bonds. The maximum absolute atomic E-state index is 15.0. The van der Waals surface area contributed by atoms with Crippen molar-refractivity contribution in [3.05, 3.63) is 117 Å². The van der Waals surface area contributed by atoms with Crippen LogP contribution in [0.15, 0.2) is 89.8 Å². The van der Waals surface area contributed by atoms with Crippen molar-refractivity contribution in [1.29, 1.82) is 0 Å². The van der Waals surface area contributed by atoms with Crippen molar-refractivity contribution in [2.45, 2.75) is 30.6 Å². The van der Waals surface area contributed by atoms with E-state index in [0.717, 1.165) is 3.97 Å². The molecule has 206 valence electrons. The van der Waals surface area contributed by atoms with Crippen LogP contribution in [0.4, 0.5) is 4.39 Å². The molecule has 40 heavy (non-hydrogen) atoms. The van der Waals surface area contributed by atoms with Crippen LogP contribution >= 0.6 is 11.6 Å². The number of fused-ring (bicyclic) bond motifs is 1. The standard InChI is InChI=1S/C29H26ClFN4O4S/c1-17-11-20(18(2)23-5-4-6-25(30)26(23)31)12-24(21-13-33-34(14-21)22-15-39-16-22)29(17,3)40(37,38)35-10-8-19-7-9-32-28(36)27(19)35/h4-14,22,24H,2,15-16H2,1,3H3,(H,32,36). The van der Waals surface area contributed by atoms with Gasteiger partial charge in [-0.1, -0.05) is 42.5 Å². The molecule has 2 aliphatic rings. The molecule has 1 N–H and O–H groups in total. The van der Waals surface area contributed by atoms with Crippen LogP contribution in [0.3, 0.4) is 0 Å². The number of H-pyrrole nitrogens is 1. The van der Waals surface area contributed by atoms with Gasteiger partial charge in [-0.25, -0.2) is 16.8 Å². The second-order valence-corrected chi connectivity index (χ2v) is 12.9. The van der Waals surface area contributed by atoms with Gasteiger partial charge in [0.2, 0.25) is 10.0 Å². The van der Waals surface area contributed by atoms with Crippen molar-refractivity contribution < 1.29 is 17.5 Å². The van der Waals surface area contributed by atoms with E-state index in [4.69, 9.17) is 16.3 Å². The minimum atomic E-state index is -4.25. The topological polar surface area (TPSA) is 99.0 Å². The Kier molecular flexibility index (Phi) is 6.25. The molecule has 4 aromatic rings. The van der Waals surface area contributed by atoms with Gasteiger partial charge in [0.25, 0.3) is 5.56 Å². The summed E-state index contributed by atoms with van der Waals surface area (Å²) >= 11 is 6.04. The summed E-state index contributed by atoms with van der Waals surface area (Å²) in [7, 11) is -4.25. The van der Waals surface area contributed by atoms with Gasteiger partial charge in [0.1, 0.15) is 16.1 Å². The molecular weight excluding hydrogens is 555 g/mol. The van der Waals surface area contributed by atoms with Crippen LogP contribution in [0.25, 0.3) is 16.5 Å². The van der Waals surface area contributed by atoms with Crippen LogP contribution in [0, 0.1) is 5.82 Å². The maximum atomic E-state index is 15.0. The van der Waals surface area contributed by atoms with Crippen LogP contribution in [0.1, 0.15) is 36.9 Å². The third kappa shape index (κ3) is 3.85. The highest BCUT2D eigenvalue weighted by atomic mass is 35.5. The van der Waals surface area contributed by atoms with Gasteiger partial charge >= 0.3 is 0 Å². The summed E-state index contributed by atoms with van der Waals surface area (Å²) in [6.45, 7) is 8.53. The number of hydrogen-bond acceptors (Lipinski definition) is 5. The molecule has 1 fully saturated rings. The van der Waals surface area contributed by atoms with Crippen LogP contribution in [0.2, 0.25) is 5.02 Å². The minimum absolute atomic E-state index is 0.0339. The van der Waals surface area contributed by atoms with Gasteiger partial charge in [0.05, 0.1) is 30.5 Å². The number of benzene rings is 1. The van der Waals surface area contributed by atoms with E-state index < -0.39 is 32.1 Å². The average molecular weight is 581 g/mol. The van der Waals surface area contributed by atoms with E-state index in [-0.39, 0.29) is 22.1 Å². The summed E-state index contributed by atoms with van der Waals surface area (Å²) in [5, 5.41) is 4.97. The lowest BCUT2D eigenvalue weighted by Gasteiger charge is -2.39. The number of hydrogen-bond donors (Lipinski definition) is 1. The largest absolute Gasteiger partial charge is 0.377 e. The molecule has 0 radical (unpaired) electrons. The van der Waals surface area contributed by atoms with Crippen molar-refractivity contribution in [3.8, 4) is 0 Å². The zero-order valence-electron chi connectivity index (χ0n) is 21.8. The normalized spacial score (nSPS) is 21.6. The molecule has 3 aromatic heterocycles. The van der Waals surface area contributed by atoms with E-state index in [1.807, 2.05) is 6.20 Å². The Morgan fingerprint density at radius 3 is 2.77 bits per heavy atom. The van der Waals surface area contributed by atoms with E-state index in [1.54, 1.807) is 61.1 Å². The van der Waals surface area contributed by atoms with Crippen molar-refractivity contribution >= 4 is 38.1 Å². The first-order chi connectivity index (χ1) is 19.0. The smallest absolute Gasteiger partial charge is 0.273 e. The highest BCUT2D eigenvalue weighted by Gasteiger charge is 2.51. The van der Waals surface area contributed by atoms with E-state index >= 15 is 0 Å². The molecule has 6 rings (SSSR count). The summed E-state index contributed by atoms with van der Waals surface area (Å²) in [6, 6.07) is 7.98. The molecule has 0 bridgehead atoms. The summed E-state index contributed by atoms with van der Waals surface area (Å²) in [5.41, 5.74) is 1.82. The molecule has 4 heterocycles. The third-order valence-electron chi connectivity index (χ3n) is 8.07. The number of nitrogens with one attached hydrogen (secondary N) is 1. The Morgan fingerprint density at radius 1 is 1.27 bits per heavy atom. The molecule has 0 saturated carbocycles. The molecule has 0 spiro atoms. The van der Waals surface area contributed by atoms with E-state index in [2.05, 4.69) is 16.7 Å². The molecule has 2 atom stereocenters. The Bertz CT molecular complexity index is 1910. The zero-order chi connectivity index (χ0) is 28.4. The Balaban J connectivity index is 1.54. The van der Waals surface area contributed by atoms with Crippen LogP contribution in [0.5, 0.6) is 0 Å². The fourth-order valence-corrected chi connectivity index (χ4v) is 7.65. The SMILES string of the molecule is C=C(C1=CC(c2cnn(C3COC3)c2)C(C)(S(=O)(=O)n2ccc3cc[nH]c(=O)c32)C(C)=C1)c1cccc(Cl)c1F. The highest BCUT2D eigenvalue weighted by Crippen LogP contribution is 2.48. The molecular formula is C29H26ClFN4O4S. The van der Waals surface area contributed by atoms with Crippen molar-refractivity contribution in [3.63, 3.8) is 0 Å². The van der Waals surface area contributed by atoms with Gasteiger partial charge in [0, 0.05) is 35.5 Å². The van der Waals surface area contributed by atoms with E-state index in [1.165, 1.54) is 18.5 Å². The van der Waals surface area contributed by atoms with Crippen molar-refractivity contribution in [2.75, 3.05) is 13.2 Å². The lowest BCUT2D eigenvalue weighted by Crippen LogP contribution is -2.46. The Morgan fingerprint density at radius 2 is 2.05 bits per heavy atom. The second-order valence-electron chi connectivity index (χ2n) is 10.3. The number of ether oxygens (including phenoxy) is 1. The quantitative estimate of drug-likeness (QED) is 0.338. The monoisotopic (exact) mass is 580 g/mol.